The molecule has 0 atom stereocenters. The van der Waals surface area contributed by atoms with E-state index in [1.807, 2.05) is 31.2 Å². The first-order valence-corrected chi connectivity index (χ1v) is 9.35. The molecule has 0 aliphatic rings. The van der Waals surface area contributed by atoms with Crippen molar-refractivity contribution < 1.29 is 4.74 Å². The van der Waals surface area contributed by atoms with Crippen LogP contribution in [0, 0.1) is 0 Å². The van der Waals surface area contributed by atoms with Crippen LogP contribution in [0.4, 0.5) is 0 Å². The van der Waals surface area contributed by atoms with Crippen LogP contribution in [-0.2, 0) is 0 Å². The Labute approximate surface area is 138 Å². The topological polar surface area (TPSA) is 22.1 Å². The molecule has 0 unspecified atom stereocenters. The van der Waals surface area contributed by atoms with E-state index in [-0.39, 0.29) is 14.5 Å². The Bertz CT molecular complexity index is 719. The van der Waals surface area contributed by atoms with Crippen LogP contribution in [0.15, 0.2) is 57.9 Å². The predicted octanol–water partition coefficient (Wildman–Crippen LogP) is 4.63. The summed E-state index contributed by atoms with van der Waals surface area (Å²) in [4.78, 5) is 7.02. The molecule has 3 rings (SSSR count). The first kappa shape index (κ1) is 14.6. The van der Waals surface area contributed by atoms with Gasteiger partial charge in [-0.3, -0.25) is 0 Å². The zero-order valence-corrected chi connectivity index (χ0v) is 14.8. The average molecular weight is 407 g/mol. The van der Waals surface area contributed by atoms with E-state index in [0.29, 0.717) is 6.61 Å². The van der Waals surface area contributed by atoms with E-state index in [1.165, 1.54) is 15.7 Å². The number of aromatic nitrogens is 1. The minimum atomic E-state index is 0.287. The van der Waals surface area contributed by atoms with Gasteiger partial charge in [-0.15, -0.1) is 0 Å². The third kappa shape index (κ3) is 3.46. The van der Waals surface area contributed by atoms with Crippen LogP contribution in [0.3, 0.4) is 0 Å². The van der Waals surface area contributed by atoms with Crippen LogP contribution in [0.2, 0.25) is 0 Å². The summed E-state index contributed by atoms with van der Waals surface area (Å²) in [6, 6.07) is 16.5. The molecule has 0 fully saturated rings. The number of hydrogen-bond donors (Lipinski definition) is 0. The van der Waals surface area contributed by atoms with Crippen LogP contribution < -0.4 is 4.74 Å². The van der Waals surface area contributed by atoms with E-state index < -0.39 is 0 Å². The first-order valence-electron chi connectivity index (χ1n) is 6.71. The molecule has 3 aromatic rings. The monoisotopic (exact) mass is 407 g/mol. The fourth-order valence-electron chi connectivity index (χ4n) is 2.02. The summed E-state index contributed by atoms with van der Waals surface area (Å²) in [5, 5.41) is 0. The molecule has 0 radical (unpaired) electrons. The van der Waals surface area contributed by atoms with Gasteiger partial charge in [0.25, 0.3) is 0 Å². The molecule has 0 N–H and O–H groups in total. The van der Waals surface area contributed by atoms with Gasteiger partial charge in [0, 0.05) is 0 Å². The molecule has 0 spiro atoms. The summed E-state index contributed by atoms with van der Waals surface area (Å²) in [7, 11) is 0. The van der Waals surface area contributed by atoms with E-state index in [2.05, 4.69) is 45.1 Å². The van der Waals surface area contributed by atoms with Crippen molar-refractivity contribution in [1.29, 1.82) is 0 Å². The van der Waals surface area contributed by atoms with Crippen LogP contribution >= 0.6 is 15.9 Å². The molecule has 1 heterocycles. The predicted molar refractivity (Wildman–Crippen MR) is 90.9 cm³/mol. The van der Waals surface area contributed by atoms with Crippen LogP contribution in [0.5, 0.6) is 5.75 Å². The second-order valence-electron chi connectivity index (χ2n) is 4.50. The number of halogens is 1. The van der Waals surface area contributed by atoms with Crippen molar-refractivity contribution in [2.24, 2.45) is 0 Å². The number of nitrogens with zero attached hydrogens (tertiary/aromatic N) is 1. The zero-order valence-electron chi connectivity index (χ0n) is 11.5. The van der Waals surface area contributed by atoms with E-state index in [4.69, 9.17) is 9.72 Å². The Kier molecular flexibility index (Phi) is 4.59. The van der Waals surface area contributed by atoms with Gasteiger partial charge in [-0.25, -0.2) is 0 Å². The Hall–Kier alpha value is -1.35. The van der Waals surface area contributed by atoms with Gasteiger partial charge in [-0.1, -0.05) is 0 Å². The Morgan fingerprint density at radius 3 is 2.33 bits per heavy atom. The molecule has 106 valence electrons. The number of hydrogen-bond acceptors (Lipinski definition) is 2. The van der Waals surface area contributed by atoms with Gasteiger partial charge in [0.05, 0.1) is 0 Å². The molecule has 0 aliphatic carbocycles. The van der Waals surface area contributed by atoms with Gasteiger partial charge in [-0.05, 0) is 0 Å². The Morgan fingerprint density at radius 1 is 1.00 bits per heavy atom. The molecule has 0 amide bonds. The Balaban J connectivity index is 1.85. The van der Waals surface area contributed by atoms with E-state index in [0.717, 1.165) is 15.9 Å². The maximum absolute atomic E-state index is 5.47. The zero-order chi connectivity index (χ0) is 14.7. The number of benzene rings is 2. The van der Waals surface area contributed by atoms with Gasteiger partial charge in [0.2, 0.25) is 0 Å². The van der Waals surface area contributed by atoms with Crippen molar-refractivity contribution in [3.63, 3.8) is 0 Å². The molecule has 1 aromatic heterocycles. The molecule has 0 bridgehead atoms. The summed E-state index contributed by atoms with van der Waals surface area (Å²) in [5.74, 6) is 0.911. The molecule has 2 aromatic carbocycles. The van der Waals surface area contributed by atoms with Gasteiger partial charge in [-0.2, -0.15) is 0 Å². The summed E-state index contributed by atoms with van der Waals surface area (Å²) >= 11 is 3.75. The third-order valence-electron chi connectivity index (χ3n) is 3.06. The fourth-order valence-corrected chi connectivity index (χ4v) is 4.04. The van der Waals surface area contributed by atoms with Gasteiger partial charge < -0.3 is 0 Å². The van der Waals surface area contributed by atoms with E-state index in [1.54, 1.807) is 0 Å². The van der Waals surface area contributed by atoms with Crippen LogP contribution in [0.25, 0.3) is 21.4 Å². The van der Waals surface area contributed by atoms with Crippen molar-refractivity contribution in [3.05, 3.63) is 57.9 Å². The molecule has 0 aliphatic heterocycles. The van der Waals surface area contributed by atoms with Crippen molar-refractivity contribution in [2.75, 3.05) is 6.61 Å². The van der Waals surface area contributed by atoms with Gasteiger partial charge in [0.15, 0.2) is 0 Å². The molecule has 0 saturated carbocycles. The maximum atomic E-state index is 5.47. The SMILES string of the molecule is CCOc1ccc(-c2nc(-c3ccc(Br)cc3)c[se]2)cc1. The van der Waals surface area contributed by atoms with Crippen LogP contribution in [-0.4, -0.2) is 26.1 Å². The molecule has 2 nitrogen and oxygen atoms in total. The normalized spacial score (nSPS) is 10.6. The number of ether oxygens (including phenoxy) is 1. The van der Waals surface area contributed by atoms with Gasteiger partial charge >= 0.3 is 139 Å². The summed E-state index contributed by atoms with van der Waals surface area (Å²) < 4.78 is 7.73. The molecule has 4 heteroatoms. The van der Waals surface area contributed by atoms with E-state index >= 15 is 0 Å². The molecule has 21 heavy (non-hydrogen) atoms. The molecule has 0 saturated heterocycles. The summed E-state index contributed by atoms with van der Waals surface area (Å²) in [6.07, 6.45) is 0. The summed E-state index contributed by atoms with van der Waals surface area (Å²) in [5.41, 5.74) is 3.43. The molecular weight excluding hydrogens is 393 g/mol. The number of rotatable bonds is 4. The van der Waals surface area contributed by atoms with Crippen LogP contribution in [0.1, 0.15) is 6.92 Å². The van der Waals surface area contributed by atoms with Crippen molar-refractivity contribution >= 4 is 30.4 Å². The second-order valence-corrected chi connectivity index (χ2v) is 7.22. The van der Waals surface area contributed by atoms with Crippen molar-refractivity contribution in [2.45, 2.75) is 6.92 Å². The quantitative estimate of drug-likeness (QED) is 0.589. The van der Waals surface area contributed by atoms with Crippen molar-refractivity contribution in [1.82, 2.24) is 4.98 Å². The average Bonchev–Trinajstić information content (AvgIpc) is 2.99. The second kappa shape index (κ2) is 6.61. The standard InChI is InChI=1S/C17H14BrNOSe/c1-2-20-15-9-5-13(6-10-15)17-19-16(11-21-17)12-3-7-14(18)8-4-12/h3-11H,2H2,1H3. The fraction of sp³-hybridized carbons (Fsp3) is 0.118. The third-order valence-corrected chi connectivity index (χ3v) is 5.46. The van der Waals surface area contributed by atoms with E-state index in [9.17, 15) is 0 Å². The minimum absolute atomic E-state index is 0.287. The van der Waals surface area contributed by atoms with Crippen molar-refractivity contribution in [3.8, 4) is 27.1 Å². The summed E-state index contributed by atoms with van der Waals surface area (Å²) in [6.45, 7) is 2.69. The molecular formula is C17H14BrNOSe. The first-order chi connectivity index (χ1) is 10.3. The Morgan fingerprint density at radius 2 is 1.67 bits per heavy atom. The van der Waals surface area contributed by atoms with Gasteiger partial charge in [0.1, 0.15) is 0 Å².